The highest BCUT2D eigenvalue weighted by Crippen LogP contribution is 2.39. The first-order valence-corrected chi connectivity index (χ1v) is 16.3. The highest BCUT2D eigenvalue weighted by Gasteiger charge is 2.37. The van der Waals surface area contributed by atoms with Crippen molar-refractivity contribution < 1.29 is 36.2 Å². The van der Waals surface area contributed by atoms with Crippen molar-refractivity contribution in [1.82, 2.24) is 28.8 Å². The Morgan fingerprint density at radius 2 is 1.74 bits per heavy atom. The maximum absolute atomic E-state index is 14.6. The number of anilines is 3. The molecule has 0 bridgehead atoms. The van der Waals surface area contributed by atoms with E-state index in [4.69, 9.17) is 4.74 Å². The number of alkyl halides is 3. The largest absolute Gasteiger partial charge is 0.464 e. The molecule has 0 unspecified atom stereocenters. The van der Waals surface area contributed by atoms with E-state index in [1.807, 2.05) is 11.0 Å². The molecule has 0 saturated carbocycles. The molecule has 0 aliphatic carbocycles. The molecular formula is C29H31F3N8O5S. The molecule has 2 aliphatic rings. The van der Waals surface area contributed by atoms with E-state index in [0.717, 1.165) is 11.8 Å². The molecule has 0 atom stereocenters. The van der Waals surface area contributed by atoms with Crippen molar-refractivity contribution in [2.24, 2.45) is 0 Å². The van der Waals surface area contributed by atoms with Gasteiger partial charge in [0.15, 0.2) is 11.6 Å². The maximum Gasteiger partial charge on any atom is 0.417 e. The number of halogens is 3. The van der Waals surface area contributed by atoms with Crippen molar-refractivity contribution in [1.29, 1.82) is 0 Å². The van der Waals surface area contributed by atoms with Crippen LogP contribution in [0.1, 0.15) is 11.1 Å². The van der Waals surface area contributed by atoms with E-state index in [-0.39, 0.29) is 11.5 Å². The van der Waals surface area contributed by atoms with Gasteiger partial charge in [-0.1, -0.05) is 18.2 Å². The number of para-hydroxylation sites is 1. The zero-order chi connectivity index (χ0) is 32.6. The van der Waals surface area contributed by atoms with Crippen LogP contribution in [0.15, 0.2) is 54.9 Å². The topological polar surface area (TPSA) is 137 Å². The van der Waals surface area contributed by atoms with Gasteiger partial charge in [-0.15, -0.1) is 5.10 Å². The minimum atomic E-state index is -4.89. The number of pyridine rings is 1. The van der Waals surface area contributed by atoms with E-state index >= 15 is 0 Å². The van der Waals surface area contributed by atoms with Crippen molar-refractivity contribution in [2.45, 2.75) is 12.7 Å². The molecule has 0 radical (unpaired) electrons. The lowest BCUT2D eigenvalue weighted by molar-refractivity contribution is -0.137. The second kappa shape index (κ2) is 12.5. The number of sulfonamides is 1. The molecule has 2 aliphatic heterocycles. The van der Waals surface area contributed by atoms with Crippen LogP contribution in [-0.4, -0.2) is 107 Å². The molecule has 2 fully saturated rings. The van der Waals surface area contributed by atoms with Gasteiger partial charge < -0.3 is 14.7 Å². The number of hydrogen-bond donors (Lipinski definition) is 1. The van der Waals surface area contributed by atoms with Crippen LogP contribution in [-0.2, 0) is 27.5 Å². The molecule has 6 rings (SSSR count). The summed E-state index contributed by atoms with van der Waals surface area (Å²) < 4.78 is 76.0. The van der Waals surface area contributed by atoms with Crippen molar-refractivity contribution in [3.8, 4) is 11.4 Å². The van der Waals surface area contributed by atoms with E-state index in [2.05, 4.69) is 20.0 Å². The van der Waals surface area contributed by atoms with Crippen LogP contribution in [0.4, 0.5) is 35.3 Å². The Labute approximate surface area is 262 Å². The lowest BCUT2D eigenvalue weighted by Crippen LogP contribution is -2.47. The molecule has 5 heterocycles. The highest BCUT2D eigenvalue weighted by atomic mass is 32.2. The zero-order valence-corrected chi connectivity index (χ0v) is 25.6. The summed E-state index contributed by atoms with van der Waals surface area (Å²) >= 11 is 0. The Morgan fingerprint density at radius 1 is 1.04 bits per heavy atom. The summed E-state index contributed by atoms with van der Waals surface area (Å²) in [5, 5.41) is 14.3. The summed E-state index contributed by atoms with van der Waals surface area (Å²) in [6, 6.07) is 10.3. The van der Waals surface area contributed by atoms with Crippen LogP contribution in [0.3, 0.4) is 0 Å². The van der Waals surface area contributed by atoms with E-state index in [1.165, 1.54) is 27.2 Å². The van der Waals surface area contributed by atoms with E-state index in [9.17, 15) is 31.5 Å². The molecule has 3 aromatic heterocycles. The minimum Gasteiger partial charge on any atom is -0.464 e. The number of ether oxygens (including phenoxy) is 1. The molecule has 46 heavy (non-hydrogen) atoms. The van der Waals surface area contributed by atoms with Gasteiger partial charge >= 0.3 is 12.3 Å². The number of amides is 1. The Hall–Kier alpha value is -4.32. The Morgan fingerprint density at radius 3 is 2.37 bits per heavy atom. The Bertz CT molecular complexity index is 1840. The predicted octanol–water partition coefficient (Wildman–Crippen LogP) is 3.54. The number of aromatic nitrogens is 4. The molecule has 4 aromatic rings. The highest BCUT2D eigenvalue weighted by molar-refractivity contribution is 7.88. The van der Waals surface area contributed by atoms with Crippen LogP contribution in [0.25, 0.3) is 16.9 Å². The second-order valence-electron chi connectivity index (χ2n) is 11.0. The normalized spacial score (nSPS) is 17.0. The third-order valence-electron chi connectivity index (χ3n) is 7.89. The van der Waals surface area contributed by atoms with Gasteiger partial charge in [0.2, 0.25) is 10.0 Å². The quantitative estimate of drug-likeness (QED) is 0.314. The summed E-state index contributed by atoms with van der Waals surface area (Å²) in [6.45, 7) is 4.02. The monoisotopic (exact) mass is 660 g/mol. The molecule has 13 nitrogen and oxygen atoms in total. The van der Waals surface area contributed by atoms with Crippen LogP contribution >= 0.6 is 0 Å². The molecule has 0 spiro atoms. The summed E-state index contributed by atoms with van der Waals surface area (Å²) in [7, 11) is -3.28. The summed E-state index contributed by atoms with van der Waals surface area (Å²) in [5.41, 5.74) is 0.0162. The van der Waals surface area contributed by atoms with Crippen molar-refractivity contribution >= 4 is 39.0 Å². The number of morpholine rings is 1. The summed E-state index contributed by atoms with van der Waals surface area (Å²) in [4.78, 5) is 25.6. The van der Waals surface area contributed by atoms with Gasteiger partial charge in [-0.2, -0.15) is 17.5 Å². The van der Waals surface area contributed by atoms with E-state index in [0.29, 0.717) is 81.3 Å². The van der Waals surface area contributed by atoms with Crippen molar-refractivity contribution in [3.05, 3.63) is 66.0 Å². The van der Waals surface area contributed by atoms with E-state index < -0.39 is 39.2 Å². The molecule has 1 amide bonds. The van der Waals surface area contributed by atoms with Gasteiger partial charge in [-0.05, 0) is 29.8 Å². The molecule has 2 saturated heterocycles. The first-order valence-electron chi connectivity index (χ1n) is 14.4. The smallest absolute Gasteiger partial charge is 0.417 e. The van der Waals surface area contributed by atoms with Crippen molar-refractivity contribution in [3.63, 3.8) is 0 Å². The fourth-order valence-corrected chi connectivity index (χ4v) is 6.45. The lowest BCUT2D eigenvalue weighted by Gasteiger charge is -2.32. The van der Waals surface area contributed by atoms with Gasteiger partial charge in [0.25, 0.3) is 0 Å². The first-order chi connectivity index (χ1) is 21.9. The Kier molecular flexibility index (Phi) is 8.58. The number of carbonyl (C=O) groups is 1. The number of carboxylic acid groups (broad SMARTS) is 1. The van der Waals surface area contributed by atoms with Gasteiger partial charge in [0.1, 0.15) is 11.3 Å². The molecular weight excluding hydrogens is 629 g/mol. The standard InChI is InChI=1S/C29H31F3N8O5S/c1-46(43,44)38-9-7-36(8-10-38)18-20-15-24-27(37-11-13-45-14-12-37)34-26(35-39(24)19-20)22-17-33-25(16-23(22)29(30,31)32)40(28(41)42)21-5-3-2-4-6-21/h2-6,15-17,19H,7-14,18H2,1H3,(H,41,42). The lowest BCUT2D eigenvalue weighted by atomic mass is 10.1. The minimum absolute atomic E-state index is 0.133. The number of piperazine rings is 1. The number of fused-ring (bicyclic) bond motifs is 1. The van der Waals surface area contributed by atoms with Gasteiger partial charge in [0.05, 0.1) is 36.3 Å². The van der Waals surface area contributed by atoms with Crippen LogP contribution in [0, 0.1) is 0 Å². The SMILES string of the molecule is CS(=O)(=O)N1CCN(Cc2cc3c(N4CCOCC4)nc(-c4cnc(N(C(=O)O)c5ccccc5)cc4C(F)(F)F)nn3c2)CC1. The maximum atomic E-state index is 14.6. The predicted molar refractivity (Wildman–Crippen MR) is 163 cm³/mol. The van der Waals surface area contributed by atoms with Gasteiger partial charge in [0, 0.05) is 58.2 Å². The number of rotatable bonds is 7. The number of hydrogen-bond acceptors (Lipinski definition) is 9. The Balaban J connectivity index is 1.40. The third kappa shape index (κ3) is 6.62. The molecule has 1 aromatic carbocycles. The molecule has 17 heteroatoms. The molecule has 244 valence electrons. The number of benzene rings is 1. The van der Waals surface area contributed by atoms with E-state index in [1.54, 1.807) is 24.4 Å². The average Bonchev–Trinajstić information content (AvgIpc) is 3.43. The van der Waals surface area contributed by atoms with Crippen molar-refractivity contribution in [2.75, 3.05) is 68.5 Å². The summed E-state index contributed by atoms with van der Waals surface area (Å²) in [6.07, 6.45) is -2.52. The number of nitrogens with zero attached hydrogens (tertiary/aromatic N) is 8. The fraction of sp³-hybridized carbons (Fsp3) is 0.379. The molecule has 1 N–H and O–H groups in total. The average molecular weight is 661 g/mol. The third-order valence-corrected chi connectivity index (χ3v) is 9.19. The van der Waals surface area contributed by atoms with Crippen LogP contribution < -0.4 is 9.80 Å². The zero-order valence-electron chi connectivity index (χ0n) is 24.8. The fourth-order valence-electron chi connectivity index (χ4n) is 5.62. The van der Waals surface area contributed by atoms with Gasteiger partial charge in [-0.3, -0.25) is 4.90 Å². The first kappa shape index (κ1) is 31.7. The summed E-state index contributed by atoms with van der Waals surface area (Å²) in [5.74, 6) is -0.232. The van der Waals surface area contributed by atoms with Crippen LogP contribution in [0.2, 0.25) is 0 Å². The second-order valence-corrected chi connectivity index (χ2v) is 13.0. The van der Waals surface area contributed by atoms with Crippen LogP contribution in [0.5, 0.6) is 0 Å². The van der Waals surface area contributed by atoms with Gasteiger partial charge in [-0.25, -0.2) is 32.6 Å².